The number of nitrogens with zero attached hydrogens (tertiary/aromatic N) is 5. The van der Waals surface area contributed by atoms with Crippen LogP contribution in [0.5, 0.6) is 0 Å². The molecule has 7 heteroatoms. The van der Waals surface area contributed by atoms with Gasteiger partial charge in [0.05, 0.1) is 6.20 Å². The van der Waals surface area contributed by atoms with Crippen LogP contribution in [0.4, 0.5) is 11.5 Å². The average molecular weight is 312 g/mol. The van der Waals surface area contributed by atoms with Crippen molar-refractivity contribution in [1.82, 2.24) is 9.97 Å². The highest BCUT2D eigenvalue weighted by Gasteiger charge is 2.39. The van der Waals surface area contributed by atoms with Gasteiger partial charge in [-0.15, -0.1) is 12.3 Å². The predicted molar refractivity (Wildman–Crippen MR) is 87.0 cm³/mol. The second kappa shape index (κ2) is 6.73. The molecule has 1 fully saturated rings. The van der Waals surface area contributed by atoms with Crippen molar-refractivity contribution in [2.24, 2.45) is 10.2 Å². The third-order valence-corrected chi connectivity index (χ3v) is 4.18. The molecule has 120 valence electrons. The number of rotatable bonds is 7. The van der Waals surface area contributed by atoms with Crippen LogP contribution < -0.4 is 10.2 Å². The third-order valence-electron chi connectivity index (χ3n) is 4.18. The van der Waals surface area contributed by atoms with Gasteiger partial charge in [-0.25, -0.2) is 9.97 Å². The molecular formula is C16H20N6O. The van der Waals surface area contributed by atoms with Crippen molar-refractivity contribution in [2.45, 2.75) is 44.2 Å². The maximum absolute atomic E-state index is 12.2. The van der Waals surface area contributed by atoms with Gasteiger partial charge in [-0.3, -0.25) is 4.79 Å². The van der Waals surface area contributed by atoms with E-state index in [1.165, 1.54) is 6.33 Å². The van der Waals surface area contributed by atoms with Crippen molar-refractivity contribution in [2.75, 3.05) is 23.3 Å². The summed E-state index contributed by atoms with van der Waals surface area (Å²) in [4.78, 5) is 22.7. The van der Waals surface area contributed by atoms with E-state index >= 15 is 0 Å². The second-order valence-corrected chi connectivity index (χ2v) is 5.89. The Balaban J connectivity index is 1.55. The van der Waals surface area contributed by atoms with E-state index in [2.05, 4.69) is 36.3 Å². The molecule has 0 unspecified atom stereocenters. The van der Waals surface area contributed by atoms with Gasteiger partial charge in [0.25, 0.3) is 0 Å². The van der Waals surface area contributed by atoms with E-state index in [-0.39, 0.29) is 5.91 Å². The largest absolute Gasteiger partial charge is 0.355 e. The van der Waals surface area contributed by atoms with Crippen LogP contribution >= 0.6 is 0 Å². The molecular weight excluding hydrogens is 292 g/mol. The molecule has 0 saturated carbocycles. The van der Waals surface area contributed by atoms with Gasteiger partial charge in [0.2, 0.25) is 5.91 Å². The molecule has 0 aliphatic carbocycles. The first-order chi connectivity index (χ1) is 11.2. The zero-order valence-electron chi connectivity index (χ0n) is 13.0. The van der Waals surface area contributed by atoms with E-state index in [1.54, 1.807) is 6.20 Å². The van der Waals surface area contributed by atoms with E-state index in [1.807, 2.05) is 0 Å². The van der Waals surface area contributed by atoms with Crippen molar-refractivity contribution in [3.05, 3.63) is 12.5 Å². The molecule has 2 aliphatic rings. The van der Waals surface area contributed by atoms with Gasteiger partial charge in [0.15, 0.2) is 11.5 Å². The van der Waals surface area contributed by atoms with Crippen molar-refractivity contribution in [3.8, 4) is 12.3 Å². The fraction of sp³-hybridized carbons (Fsp3) is 0.562. The van der Waals surface area contributed by atoms with Gasteiger partial charge in [-0.2, -0.15) is 10.2 Å². The lowest BCUT2D eigenvalue weighted by atomic mass is 10.0. The Kier molecular flexibility index (Phi) is 4.51. The summed E-state index contributed by atoms with van der Waals surface area (Å²) in [5.74, 6) is 3.32. The van der Waals surface area contributed by atoms with Gasteiger partial charge in [-0.05, 0) is 12.8 Å². The molecule has 0 aromatic carbocycles. The van der Waals surface area contributed by atoms with Crippen molar-refractivity contribution >= 4 is 17.4 Å². The predicted octanol–water partition coefficient (Wildman–Crippen LogP) is 2.37. The van der Waals surface area contributed by atoms with Gasteiger partial charge >= 0.3 is 0 Å². The van der Waals surface area contributed by atoms with E-state index in [0.717, 1.165) is 31.7 Å². The molecule has 2 aliphatic heterocycles. The normalized spacial score (nSPS) is 17.8. The molecule has 0 atom stereocenters. The highest BCUT2D eigenvalue weighted by atomic mass is 16.1. The quantitative estimate of drug-likeness (QED) is 0.784. The van der Waals surface area contributed by atoms with Crippen molar-refractivity contribution < 1.29 is 4.79 Å². The first-order valence-electron chi connectivity index (χ1n) is 7.95. The summed E-state index contributed by atoms with van der Waals surface area (Å²) in [6, 6.07) is 0. The molecule has 0 bridgehead atoms. The summed E-state index contributed by atoms with van der Waals surface area (Å²) < 4.78 is 0. The fourth-order valence-corrected chi connectivity index (χ4v) is 2.79. The molecule has 0 spiro atoms. The molecule has 3 heterocycles. The molecule has 1 aromatic rings. The SMILES string of the molecule is C#CCCC1(CCC(=O)Nc2cncnc2N2CCCC2)N=N1. The highest BCUT2D eigenvalue weighted by Crippen LogP contribution is 2.37. The molecule has 1 aromatic heterocycles. The Morgan fingerprint density at radius 3 is 2.83 bits per heavy atom. The van der Waals surface area contributed by atoms with Gasteiger partial charge in [-0.1, -0.05) is 0 Å². The molecule has 0 radical (unpaired) electrons. The van der Waals surface area contributed by atoms with E-state index < -0.39 is 5.66 Å². The van der Waals surface area contributed by atoms with Gasteiger partial charge in [0, 0.05) is 38.8 Å². The Bertz CT molecular complexity index is 638. The molecule has 1 saturated heterocycles. The smallest absolute Gasteiger partial charge is 0.224 e. The maximum atomic E-state index is 12.2. The van der Waals surface area contributed by atoms with Crippen molar-refractivity contribution in [1.29, 1.82) is 0 Å². The monoisotopic (exact) mass is 312 g/mol. The van der Waals surface area contributed by atoms with Crippen LogP contribution in [0.2, 0.25) is 0 Å². The third kappa shape index (κ3) is 3.83. The van der Waals surface area contributed by atoms with Gasteiger partial charge < -0.3 is 10.2 Å². The number of nitrogens with one attached hydrogen (secondary N) is 1. The van der Waals surface area contributed by atoms with Crippen LogP contribution in [0.25, 0.3) is 0 Å². The lowest BCUT2D eigenvalue weighted by molar-refractivity contribution is -0.116. The first-order valence-corrected chi connectivity index (χ1v) is 7.95. The number of carbonyl (C=O) groups is 1. The van der Waals surface area contributed by atoms with Crippen LogP contribution in [0.15, 0.2) is 22.8 Å². The summed E-state index contributed by atoms with van der Waals surface area (Å²) in [5, 5.41) is 11.0. The first kappa shape index (κ1) is 15.4. The summed E-state index contributed by atoms with van der Waals surface area (Å²) in [6.07, 6.45) is 13.0. The molecule has 7 nitrogen and oxygen atoms in total. The number of amides is 1. The van der Waals surface area contributed by atoms with Gasteiger partial charge in [0.1, 0.15) is 12.0 Å². The highest BCUT2D eigenvalue weighted by molar-refractivity contribution is 5.93. The summed E-state index contributed by atoms with van der Waals surface area (Å²) in [6.45, 7) is 1.93. The molecule has 1 N–H and O–H groups in total. The topological polar surface area (TPSA) is 82.8 Å². The minimum atomic E-state index is -0.422. The summed E-state index contributed by atoms with van der Waals surface area (Å²) >= 11 is 0. The number of hydrogen-bond acceptors (Lipinski definition) is 6. The van der Waals surface area contributed by atoms with E-state index in [9.17, 15) is 4.79 Å². The fourth-order valence-electron chi connectivity index (χ4n) is 2.79. The maximum Gasteiger partial charge on any atom is 0.224 e. The summed E-state index contributed by atoms with van der Waals surface area (Å²) in [7, 11) is 0. The molecule has 1 amide bonds. The lowest BCUT2D eigenvalue weighted by Crippen LogP contribution is -2.23. The van der Waals surface area contributed by atoms with Crippen LogP contribution in [0.3, 0.4) is 0 Å². The van der Waals surface area contributed by atoms with E-state index in [0.29, 0.717) is 31.4 Å². The van der Waals surface area contributed by atoms with Crippen LogP contribution in [0.1, 0.15) is 38.5 Å². The van der Waals surface area contributed by atoms with Crippen molar-refractivity contribution in [3.63, 3.8) is 0 Å². The number of carbonyl (C=O) groups excluding carboxylic acids is 1. The summed E-state index contributed by atoms with van der Waals surface area (Å²) in [5.41, 5.74) is 0.246. The zero-order valence-corrected chi connectivity index (χ0v) is 13.0. The van der Waals surface area contributed by atoms with Crippen LogP contribution in [0, 0.1) is 12.3 Å². The Morgan fingerprint density at radius 2 is 2.13 bits per heavy atom. The average Bonchev–Trinajstić information content (AvgIpc) is 3.13. The standard InChI is InChI=1S/C16H20N6O/c1-2-3-7-16(20-21-16)8-6-14(23)19-13-11-17-12-18-15(13)22-9-4-5-10-22/h1,11-12H,3-10H2,(H,19,23). The lowest BCUT2D eigenvalue weighted by Gasteiger charge is -2.19. The number of terminal acetylenes is 1. The molecule has 23 heavy (non-hydrogen) atoms. The van der Waals surface area contributed by atoms with E-state index in [4.69, 9.17) is 6.42 Å². The van der Waals surface area contributed by atoms with Crippen LogP contribution in [-0.2, 0) is 4.79 Å². The Hall–Kier alpha value is -2.49. The minimum absolute atomic E-state index is 0.0716. The molecule has 3 rings (SSSR count). The minimum Gasteiger partial charge on any atom is -0.355 e. The zero-order chi connectivity index (χ0) is 16.1. The number of aromatic nitrogens is 2. The number of anilines is 2. The number of hydrogen-bond donors (Lipinski definition) is 1. The second-order valence-electron chi connectivity index (χ2n) is 5.89. The Morgan fingerprint density at radius 1 is 1.35 bits per heavy atom. The van der Waals surface area contributed by atoms with Crippen LogP contribution in [-0.4, -0.2) is 34.6 Å². The Labute approximate surface area is 135 Å².